The zero-order chi connectivity index (χ0) is 19.1. The summed E-state index contributed by atoms with van der Waals surface area (Å²) < 4.78 is 12.9. The summed E-state index contributed by atoms with van der Waals surface area (Å²) in [4.78, 5) is 12.1. The van der Waals surface area contributed by atoms with Crippen molar-refractivity contribution in [2.45, 2.75) is 13.5 Å². The zero-order valence-corrected chi connectivity index (χ0v) is 14.6. The highest BCUT2D eigenvalue weighted by Gasteiger charge is 2.03. The first-order chi connectivity index (χ1) is 13.1. The summed E-state index contributed by atoms with van der Waals surface area (Å²) in [6, 6.07) is 14.0. The largest absolute Gasteiger partial charge is 0.368 e. The number of nitrogens with two attached hydrogens (primary N) is 1. The minimum absolute atomic E-state index is 0.0457. The Labute approximate surface area is 155 Å². The van der Waals surface area contributed by atoms with E-state index in [9.17, 15) is 4.39 Å². The van der Waals surface area contributed by atoms with Crippen LogP contribution >= 0.6 is 0 Å². The van der Waals surface area contributed by atoms with Crippen LogP contribution in [-0.4, -0.2) is 21.2 Å². The Hall–Kier alpha value is -3.59. The Balaban J connectivity index is 1.57. The van der Waals surface area contributed by atoms with Crippen LogP contribution in [0.2, 0.25) is 0 Å². The van der Waals surface area contributed by atoms with Crippen LogP contribution < -0.4 is 22.0 Å². The number of nitrogens with one attached hydrogen (secondary N) is 3. The number of benzene rings is 2. The average molecular weight is 366 g/mol. The van der Waals surface area contributed by atoms with E-state index in [-0.39, 0.29) is 23.7 Å². The molecule has 2 aromatic carbocycles. The molecule has 0 atom stereocenters. The van der Waals surface area contributed by atoms with Gasteiger partial charge in [-0.15, -0.1) is 0 Å². The number of nitrogen functional groups attached to an aromatic ring is 1. The highest BCUT2D eigenvalue weighted by molar-refractivity contribution is 5.80. The first-order valence-corrected chi connectivity index (χ1v) is 8.19. The second-order valence-corrected chi connectivity index (χ2v) is 5.73. The minimum atomic E-state index is -0.279. The molecule has 8 nitrogen and oxygen atoms in total. The molecular formula is C18H19FN8. The Bertz CT molecular complexity index is 927. The van der Waals surface area contributed by atoms with Crippen molar-refractivity contribution in [1.29, 1.82) is 0 Å². The van der Waals surface area contributed by atoms with E-state index in [1.54, 1.807) is 18.3 Å². The first-order valence-electron chi connectivity index (χ1n) is 8.19. The van der Waals surface area contributed by atoms with Gasteiger partial charge in [-0.25, -0.2) is 15.2 Å². The van der Waals surface area contributed by atoms with Gasteiger partial charge < -0.3 is 5.73 Å². The van der Waals surface area contributed by atoms with Gasteiger partial charge in [0.05, 0.1) is 6.21 Å². The van der Waals surface area contributed by atoms with Crippen LogP contribution in [0, 0.1) is 12.7 Å². The second kappa shape index (κ2) is 8.68. The summed E-state index contributed by atoms with van der Waals surface area (Å²) >= 11 is 0. The van der Waals surface area contributed by atoms with Gasteiger partial charge in [0, 0.05) is 6.54 Å². The molecule has 0 fully saturated rings. The monoisotopic (exact) mass is 366 g/mol. The fraction of sp³-hybridized carbons (Fsp3) is 0.111. The standard InChI is InChI=1S/C18H19FN8/c1-12-3-2-4-14(9-12)11-22-27-18-24-16(20)23-17(25-18)26-21-10-13-5-7-15(19)8-6-13/h2-9,11,21H,10H2,1H3,(H4,20,23,24,25,26,27). The van der Waals surface area contributed by atoms with Gasteiger partial charge in [0.2, 0.25) is 17.8 Å². The Morgan fingerprint density at radius 3 is 2.63 bits per heavy atom. The summed E-state index contributed by atoms with van der Waals surface area (Å²) in [5, 5.41) is 4.10. The lowest BCUT2D eigenvalue weighted by Crippen LogP contribution is -2.23. The van der Waals surface area contributed by atoms with Crippen LogP contribution in [-0.2, 0) is 6.54 Å². The summed E-state index contributed by atoms with van der Waals surface area (Å²) in [6.45, 7) is 2.45. The molecule has 27 heavy (non-hydrogen) atoms. The lowest BCUT2D eigenvalue weighted by Gasteiger charge is -2.08. The quantitative estimate of drug-likeness (QED) is 0.375. The molecule has 0 aliphatic rings. The van der Waals surface area contributed by atoms with Crippen molar-refractivity contribution in [3.63, 3.8) is 0 Å². The van der Waals surface area contributed by atoms with Crippen molar-refractivity contribution in [3.05, 3.63) is 71.0 Å². The van der Waals surface area contributed by atoms with E-state index in [4.69, 9.17) is 5.73 Å². The third-order valence-electron chi connectivity index (χ3n) is 3.48. The van der Waals surface area contributed by atoms with Crippen molar-refractivity contribution >= 4 is 24.1 Å². The first kappa shape index (κ1) is 18.2. The molecule has 0 spiro atoms. The number of halogens is 1. The number of nitrogens with zero attached hydrogens (tertiary/aromatic N) is 4. The maximum atomic E-state index is 12.9. The Kier molecular flexibility index (Phi) is 5.85. The second-order valence-electron chi connectivity index (χ2n) is 5.73. The number of aryl methyl sites for hydroxylation is 1. The van der Waals surface area contributed by atoms with Crippen LogP contribution in [0.3, 0.4) is 0 Å². The topological polar surface area (TPSA) is 113 Å². The van der Waals surface area contributed by atoms with Gasteiger partial charge in [-0.1, -0.05) is 42.0 Å². The van der Waals surface area contributed by atoms with Gasteiger partial charge in [0.15, 0.2) is 0 Å². The highest BCUT2D eigenvalue weighted by atomic mass is 19.1. The predicted octanol–water partition coefficient (Wildman–Crippen LogP) is 2.46. The average Bonchev–Trinajstić information content (AvgIpc) is 2.63. The smallest absolute Gasteiger partial charge is 0.250 e. The van der Waals surface area contributed by atoms with Crippen molar-refractivity contribution in [1.82, 2.24) is 20.4 Å². The molecule has 9 heteroatoms. The van der Waals surface area contributed by atoms with E-state index in [1.165, 1.54) is 12.1 Å². The van der Waals surface area contributed by atoms with E-state index in [1.807, 2.05) is 31.2 Å². The fourth-order valence-electron chi connectivity index (χ4n) is 2.24. The van der Waals surface area contributed by atoms with Gasteiger partial charge in [-0.2, -0.15) is 20.1 Å². The molecule has 1 aromatic heterocycles. The molecule has 5 N–H and O–H groups in total. The molecule has 0 unspecified atom stereocenters. The van der Waals surface area contributed by atoms with E-state index in [2.05, 4.69) is 36.3 Å². The van der Waals surface area contributed by atoms with Crippen LogP contribution in [0.4, 0.5) is 22.2 Å². The van der Waals surface area contributed by atoms with Gasteiger partial charge in [0.25, 0.3) is 0 Å². The van der Waals surface area contributed by atoms with Gasteiger partial charge in [-0.05, 0) is 30.2 Å². The number of hydrazine groups is 1. The van der Waals surface area contributed by atoms with Crippen molar-refractivity contribution < 1.29 is 4.39 Å². The molecule has 0 aliphatic carbocycles. The van der Waals surface area contributed by atoms with Gasteiger partial charge in [-0.3, -0.25) is 5.43 Å². The van der Waals surface area contributed by atoms with Crippen LogP contribution in [0.15, 0.2) is 53.6 Å². The minimum Gasteiger partial charge on any atom is -0.368 e. The van der Waals surface area contributed by atoms with E-state index in [0.29, 0.717) is 6.54 Å². The summed E-state index contributed by atoms with van der Waals surface area (Å²) in [6.07, 6.45) is 1.66. The lowest BCUT2D eigenvalue weighted by molar-refractivity contribution is 0.626. The molecule has 0 bridgehead atoms. The maximum Gasteiger partial charge on any atom is 0.250 e. The molecule has 3 aromatic rings. The number of hydrogen-bond acceptors (Lipinski definition) is 8. The SMILES string of the molecule is Cc1cccc(C=NNc2nc(N)nc(NNCc3ccc(F)cc3)n2)c1. The van der Waals surface area contributed by atoms with E-state index >= 15 is 0 Å². The van der Waals surface area contributed by atoms with Crippen LogP contribution in [0.25, 0.3) is 0 Å². The highest BCUT2D eigenvalue weighted by Crippen LogP contribution is 2.07. The maximum absolute atomic E-state index is 12.9. The van der Waals surface area contributed by atoms with Gasteiger partial charge >= 0.3 is 0 Å². The Morgan fingerprint density at radius 1 is 1.07 bits per heavy atom. The van der Waals surface area contributed by atoms with Gasteiger partial charge in [0.1, 0.15) is 5.82 Å². The molecule has 0 saturated carbocycles. The van der Waals surface area contributed by atoms with Crippen LogP contribution in [0.5, 0.6) is 0 Å². The number of anilines is 3. The molecule has 0 saturated heterocycles. The third kappa shape index (κ3) is 5.72. The molecule has 138 valence electrons. The summed E-state index contributed by atoms with van der Waals surface area (Å²) in [7, 11) is 0. The predicted molar refractivity (Wildman–Crippen MR) is 103 cm³/mol. The number of hydrazone groups is 1. The zero-order valence-electron chi connectivity index (χ0n) is 14.6. The normalized spacial score (nSPS) is 10.9. The van der Waals surface area contributed by atoms with Crippen molar-refractivity contribution in [3.8, 4) is 0 Å². The summed E-state index contributed by atoms with van der Waals surface area (Å²) in [5.74, 6) is 0.207. The molecule has 0 radical (unpaired) electrons. The molecule has 0 amide bonds. The summed E-state index contributed by atoms with van der Waals surface area (Å²) in [5.41, 5.74) is 17.2. The molecule has 0 aliphatic heterocycles. The third-order valence-corrected chi connectivity index (χ3v) is 3.48. The molecule has 3 rings (SSSR count). The van der Waals surface area contributed by atoms with E-state index < -0.39 is 0 Å². The number of rotatable bonds is 7. The molecule has 1 heterocycles. The molecular weight excluding hydrogens is 347 g/mol. The van der Waals surface area contributed by atoms with Crippen LogP contribution in [0.1, 0.15) is 16.7 Å². The number of aromatic nitrogens is 3. The van der Waals surface area contributed by atoms with Crippen molar-refractivity contribution in [2.75, 3.05) is 16.6 Å². The Morgan fingerprint density at radius 2 is 1.85 bits per heavy atom. The van der Waals surface area contributed by atoms with E-state index in [0.717, 1.165) is 16.7 Å². The fourth-order valence-corrected chi connectivity index (χ4v) is 2.24. The van der Waals surface area contributed by atoms with Crippen molar-refractivity contribution in [2.24, 2.45) is 5.10 Å². The number of hydrogen-bond donors (Lipinski definition) is 4. The lowest BCUT2D eigenvalue weighted by atomic mass is 10.2.